The second kappa shape index (κ2) is 8.53. The first-order chi connectivity index (χ1) is 9.67. The molecule has 0 heterocycles. The minimum atomic E-state index is -0.713. The summed E-state index contributed by atoms with van der Waals surface area (Å²) in [5, 5.41) is 2.35. The SMILES string of the molecule is C/C=C/C=C(\NC(=O)OCc1ccccc1)C(=O)OC. The van der Waals surface area contributed by atoms with Crippen molar-refractivity contribution in [1.82, 2.24) is 5.32 Å². The average Bonchev–Trinajstić information content (AvgIpc) is 2.49. The number of rotatable bonds is 5. The summed E-state index contributed by atoms with van der Waals surface area (Å²) < 4.78 is 9.57. The average molecular weight is 275 g/mol. The van der Waals surface area contributed by atoms with Gasteiger partial charge in [0.15, 0.2) is 0 Å². The van der Waals surface area contributed by atoms with E-state index in [4.69, 9.17) is 4.74 Å². The van der Waals surface area contributed by atoms with Gasteiger partial charge in [-0.2, -0.15) is 0 Å². The number of esters is 1. The Morgan fingerprint density at radius 3 is 2.55 bits per heavy atom. The Bertz CT molecular complexity index is 506. The molecule has 0 aliphatic rings. The minimum absolute atomic E-state index is 0.0173. The maximum atomic E-state index is 11.6. The molecule has 0 atom stereocenters. The topological polar surface area (TPSA) is 64.6 Å². The van der Waals surface area contributed by atoms with Crippen LogP contribution in [0.4, 0.5) is 4.79 Å². The molecule has 5 nitrogen and oxygen atoms in total. The van der Waals surface area contributed by atoms with E-state index in [1.807, 2.05) is 30.3 Å². The molecule has 0 saturated heterocycles. The summed E-state index contributed by atoms with van der Waals surface area (Å²) in [6, 6.07) is 9.25. The highest BCUT2D eigenvalue weighted by atomic mass is 16.6. The number of hydrogen-bond acceptors (Lipinski definition) is 4. The summed E-state index contributed by atoms with van der Waals surface area (Å²) in [5.74, 6) is -0.639. The molecule has 106 valence electrons. The first kappa shape index (κ1) is 15.5. The Morgan fingerprint density at radius 1 is 1.25 bits per heavy atom. The Morgan fingerprint density at radius 2 is 1.95 bits per heavy atom. The van der Waals surface area contributed by atoms with Crippen LogP contribution in [0.25, 0.3) is 0 Å². The van der Waals surface area contributed by atoms with Gasteiger partial charge in [0.25, 0.3) is 0 Å². The molecule has 1 N–H and O–H groups in total. The van der Waals surface area contributed by atoms with Gasteiger partial charge in [0.2, 0.25) is 0 Å². The number of hydrogen-bond donors (Lipinski definition) is 1. The fourth-order valence-corrected chi connectivity index (χ4v) is 1.33. The number of carbonyl (C=O) groups is 2. The van der Waals surface area contributed by atoms with Crippen molar-refractivity contribution < 1.29 is 19.1 Å². The molecule has 0 bridgehead atoms. The van der Waals surface area contributed by atoms with Crippen molar-refractivity contribution in [2.75, 3.05) is 7.11 Å². The van der Waals surface area contributed by atoms with Crippen LogP contribution in [-0.4, -0.2) is 19.2 Å². The van der Waals surface area contributed by atoms with Gasteiger partial charge >= 0.3 is 12.1 Å². The van der Waals surface area contributed by atoms with Gasteiger partial charge in [-0.05, 0) is 18.6 Å². The smallest absolute Gasteiger partial charge is 0.412 e. The zero-order valence-corrected chi connectivity index (χ0v) is 11.5. The summed E-state index contributed by atoms with van der Waals surface area (Å²) in [6.45, 7) is 1.92. The van der Waals surface area contributed by atoms with Crippen LogP contribution in [0.5, 0.6) is 0 Å². The summed E-state index contributed by atoms with van der Waals surface area (Å²) in [4.78, 5) is 23.0. The fourth-order valence-electron chi connectivity index (χ4n) is 1.33. The van der Waals surface area contributed by atoms with Crippen LogP contribution in [0, 0.1) is 0 Å². The number of methoxy groups -OCH3 is 1. The zero-order valence-electron chi connectivity index (χ0n) is 11.5. The van der Waals surface area contributed by atoms with E-state index in [1.54, 1.807) is 19.1 Å². The molecular formula is C15H17NO4. The quantitative estimate of drug-likeness (QED) is 0.509. The third-order valence-corrected chi connectivity index (χ3v) is 2.31. The van der Waals surface area contributed by atoms with Gasteiger partial charge in [0, 0.05) is 0 Å². The maximum Gasteiger partial charge on any atom is 0.412 e. The van der Waals surface area contributed by atoms with Crippen LogP contribution >= 0.6 is 0 Å². The molecular weight excluding hydrogens is 258 g/mol. The van der Waals surface area contributed by atoms with Gasteiger partial charge in [-0.25, -0.2) is 9.59 Å². The van der Waals surface area contributed by atoms with Crippen LogP contribution in [0.15, 0.2) is 54.3 Å². The summed E-state index contributed by atoms with van der Waals surface area (Å²) >= 11 is 0. The third-order valence-electron chi connectivity index (χ3n) is 2.31. The number of allylic oxidation sites excluding steroid dienone is 3. The predicted octanol–water partition coefficient (Wildman–Crippen LogP) is 2.55. The van der Waals surface area contributed by atoms with E-state index in [9.17, 15) is 9.59 Å². The van der Waals surface area contributed by atoms with Crippen molar-refractivity contribution in [3.8, 4) is 0 Å². The predicted molar refractivity (Wildman–Crippen MR) is 74.7 cm³/mol. The third kappa shape index (κ3) is 5.39. The Kier molecular flexibility index (Phi) is 6.61. The van der Waals surface area contributed by atoms with Crippen molar-refractivity contribution in [2.45, 2.75) is 13.5 Å². The lowest BCUT2D eigenvalue weighted by Crippen LogP contribution is -2.28. The molecule has 5 heteroatoms. The molecule has 20 heavy (non-hydrogen) atoms. The van der Waals surface area contributed by atoms with Gasteiger partial charge in [0.1, 0.15) is 12.3 Å². The molecule has 0 fully saturated rings. The lowest BCUT2D eigenvalue weighted by molar-refractivity contribution is -0.136. The molecule has 0 unspecified atom stereocenters. The molecule has 1 aromatic rings. The fraction of sp³-hybridized carbons (Fsp3) is 0.200. The number of ether oxygens (including phenoxy) is 2. The Hall–Kier alpha value is -2.56. The number of amides is 1. The maximum absolute atomic E-state index is 11.6. The van der Waals surface area contributed by atoms with Gasteiger partial charge < -0.3 is 9.47 Å². The van der Waals surface area contributed by atoms with Gasteiger partial charge in [-0.3, -0.25) is 5.32 Å². The van der Waals surface area contributed by atoms with Crippen LogP contribution < -0.4 is 5.32 Å². The molecule has 0 radical (unpaired) electrons. The van der Waals surface area contributed by atoms with Crippen molar-refractivity contribution in [2.24, 2.45) is 0 Å². The largest absolute Gasteiger partial charge is 0.464 e. The Balaban J connectivity index is 2.56. The number of benzene rings is 1. The number of alkyl carbamates (subject to hydrolysis) is 1. The van der Waals surface area contributed by atoms with E-state index in [2.05, 4.69) is 10.1 Å². The summed E-state index contributed by atoms with van der Waals surface area (Å²) in [5.41, 5.74) is 0.878. The van der Waals surface area contributed by atoms with Gasteiger partial charge in [-0.15, -0.1) is 0 Å². The van der Waals surface area contributed by atoms with Crippen molar-refractivity contribution in [1.29, 1.82) is 0 Å². The molecule has 0 aliphatic carbocycles. The van der Waals surface area contributed by atoms with Crippen LogP contribution in [-0.2, 0) is 20.9 Å². The lowest BCUT2D eigenvalue weighted by Gasteiger charge is -2.08. The number of nitrogens with one attached hydrogen (secondary N) is 1. The second-order valence-electron chi connectivity index (χ2n) is 3.78. The van der Waals surface area contributed by atoms with E-state index in [-0.39, 0.29) is 12.3 Å². The standard InChI is InChI=1S/C15H17NO4/c1-3-4-10-13(14(17)19-2)16-15(18)20-11-12-8-6-5-7-9-12/h3-10H,11H2,1-2H3,(H,16,18)/b4-3+,13-10-. The molecule has 0 aliphatic heterocycles. The summed E-state index contributed by atoms with van der Waals surface area (Å²) in [7, 11) is 1.24. The van der Waals surface area contributed by atoms with Crippen molar-refractivity contribution in [3.63, 3.8) is 0 Å². The Labute approximate surface area is 117 Å². The minimum Gasteiger partial charge on any atom is -0.464 e. The lowest BCUT2D eigenvalue weighted by atomic mass is 10.2. The molecule has 0 aromatic heterocycles. The second-order valence-corrected chi connectivity index (χ2v) is 3.78. The molecule has 0 saturated carbocycles. The number of carbonyl (C=O) groups excluding carboxylic acids is 2. The van der Waals surface area contributed by atoms with E-state index < -0.39 is 12.1 Å². The van der Waals surface area contributed by atoms with Gasteiger partial charge in [0.05, 0.1) is 7.11 Å². The molecule has 1 aromatic carbocycles. The molecule has 0 spiro atoms. The first-order valence-corrected chi connectivity index (χ1v) is 6.06. The van der Waals surface area contributed by atoms with Gasteiger partial charge in [-0.1, -0.05) is 42.5 Å². The van der Waals surface area contributed by atoms with Crippen molar-refractivity contribution >= 4 is 12.1 Å². The van der Waals surface area contributed by atoms with Crippen molar-refractivity contribution in [3.05, 3.63) is 59.8 Å². The van der Waals surface area contributed by atoms with Crippen LogP contribution in [0.1, 0.15) is 12.5 Å². The van der Waals surface area contributed by atoms with E-state index in [1.165, 1.54) is 13.2 Å². The zero-order chi connectivity index (χ0) is 14.8. The normalized spacial score (nSPS) is 11.2. The van der Waals surface area contributed by atoms with Crippen LogP contribution in [0.3, 0.4) is 0 Å². The molecule has 1 amide bonds. The monoisotopic (exact) mass is 275 g/mol. The molecule has 1 rings (SSSR count). The highest BCUT2D eigenvalue weighted by Gasteiger charge is 2.13. The van der Waals surface area contributed by atoms with E-state index >= 15 is 0 Å². The first-order valence-electron chi connectivity index (χ1n) is 6.06. The van der Waals surface area contributed by atoms with E-state index in [0.717, 1.165) is 5.56 Å². The van der Waals surface area contributed by atoms with E-state index in [0.29, 0.717) is 0 Å². The highest BCUT2D eigenvalue weighted by Crippen LogP contribution is 2.02. The highest BCUT2D eigenvalue weighted by molar-refractivity contribution is 5.92. The summed E-state index contributed by atoms with van der Waals surface area (Å²) in [6.07, 6.45) is 4.06. The van der Waals surface area contributed by atoms with Crippen LogP contribution in [0.2, 0.25) is 0 Å².